The fourth-order valence-electron chi connectivity index (χ4n) is 0.385. The SMILES string of the molecule is CNC(=O)C(Cl)C[N+](=N)[O-]. The third kappa shape index (κ3) is 3.24. The van der Waals surface area contributed by atoms with Crippen molar-refractivity contribution in [2.24, 2.45) is 0 Å². The van der Waals surface area contributed by atoms with Gasteiger partial charge in [-0.2, -0.15) is 0 Å². The van der Waals surface area contributed by atoms with Crippen molar-refractivity contribution in [1.82, 2.24) is 5.32 Å². The lowest BCUT2D eigenvalue weighted by Crippen LogP contribution is -2.32. The molecular weight excluding hydrogens is 158 g/mol. The minimum atomic E-state index is -0.944. The molecule has 1 amide bonds. The van der Waals surface area contributed by atoms with E-state index in [4.69, 9.17) is 17.1 Å². The van der Waals surface area contributed by atoms with E-state index in [1.165, 1.54) is 7.05 Å². The molecule has 0 heterocycles. The Bertz CT molecular complexity index is 149. The minimum Gasteiger partial charge on any atom is -0.600 e. The Kier molecular flexibility index (Phi) is 3.71. The minimum absolute atomic E-state index is 0.132. The molecule has 0 fully saturated rings. The summed E-state index contributed by atoms with van der Waals surface area (Å²) < 4.78 is 0. The van der Waals surface area contributed by atoms with Crippen LogP contribution in [0, 0.1) is 10.7 Å². The van der Waals surface area contributed by atoms with Crippen molar-refractivity contribution in [3.63, 3.8) is 0 Å². The summed E-state index contributed by atoms with van der Waals surface area (Å²) in [6, 6.07) is 0. The summed E-state index contributed by atoms with van der Waals surface area (Å²) in [5, 5.41) is 11.3. The van der Waals surface area contributed by atoms with Crippen LogP contribution in [-0.2, 0) is 4.79 Å². The summed E-state index contributed by atoms with van der Waals surface area (Å²) in [5.41, 5.74) is 6.39. The molecule has 0 aromatic carbocycles. The molecule has 0 aliphatic carbocycles. The number of rotatable bonds is 3. The molecule has 0 aliphatic heterocycles. The Morgan fingerprint density at radius 1 is 2.00 bits per heavy atom. The standard InChI is InChI=1S/C4H8ClN3O2/c1-7-4(9)3(5)2-8(6)10/h3,6H,2H2,1H3,(H,7,9). The molecule has 1 atom stereocenters. The van der Waals surface area contributed by atoms with E-state index < -0.39 is 11.3 Å². The maximum Gasteiger partial charge on any atom is 0.244 e. The molecule has 0 aromatic heterocycles. The van der Waals surface area contributed by atoms with Crippen molar-refractivity contribution in [3.05, 3.63) is 5.21 Å². The van der Waals surface area contributed by atoms with Crippen LogP contribution in [0.2, 0.25) is 0 Å². The summed E-state index contributed by atoms with van der Waals surface area (Å²) in [6.45, 7) is -0.318. The van der Waals surface area contributed by atoms with Crippen LogP contribution >= 0.6 is 11.6 Å². The fourth-order valence-corrected chi connectivity index (χ4v) is 0.620. The van der Waals surface area contributed by atoms with E-state index in [0.717, 1.165) is 0 Å². The van der Waals surface area contributed by atoms with Crippen molar-refractivity contribution in [2.45, 2.75) is 5.38 Å². The second kappa shape index (κ2) is 4.05. The number of hydroxylamine groups is 1. The number of nitrogens with one attached hydrogen (secondary N) is 2. The van der Waals surface area contributed by atoms with Gasteiger partial charge in [-0.1, -0.05) is 4.86 Å². The lowest BCUT2D eigenvalue weighted by atomic mass is 10.4. The van der Waals surface area contributed by atoms with Gasteiger partial charge in [0.1, 0.15) is 0 Å². The summed E-state index contributed by atoms with van der Waals surface area (Å²) in [7, 11) is 1.41. The van der Waals surface area contributed by atoms with Crippen LogP contribution in [0.25, 0.3) is 0 Å². The van der Waals surface area contributed by atoms with Gasteiger partial charge < -0.3 is 10.5 Å². The van der Waals surface area contributed by atoms with Gasteiger partial charge in [-0.3, -0.25) is 4.79 Å². The van der Waals surface area contributed by atoms with E-state index in [9.17, 15) is 10.0 Å². The van der Waals surface area contributed by atoms with Gasteiger partial charge in [-0.25, -0.2) is 0 Å². The van der Waals surface area contributed by atoms with Crippen molar-refractivity contribution < 1.29 is 9.66 Å². The van der Waals surface area contributed by atoms with Gasteiger partial charge in [0, 0.05) is 7.05 Å². The zero-order valence-electron chi connectivity index (χ0n) is 5.43. The molecule has 0 saturated heterocycles. The molecular formula is C4H8ClN3O2. The Balaban J connectivity index is 3.72. The van der Waals surface area contributed by atoms with Gasteiger partial charge in [0.2, 0.25) is 12.5 Å². The van der Waals surface area contributed by atoms with Crippen molar-refractivity contribution in [1.29, 1.82) is 5.53 Å². The first-order chi connectivity index (χ1) is 4.57. The van der Waals surface area contributed by atoms with E-state index in [0.29, 0.717) is 0 Å². The average molecular weight is 166 g/mol. The number of alkyl halides is 1. The summed E-state index contributed by atoms with van der Waals surface area (Å²) >= 11 is 5.35. The first-order valence-electron chi connectivity index (χ1n) is 2.59. The van der Waals surface area contributed by atoms with Crippen LogP contribution in [0.5, 0.6) is 0 Å². The molecule has 0 saturated carbocycles. The highest BCUT2D eigenvalue weighted by molar-refractivity contribution is 6.30. The number of amides is 1. The van der Waals surface area contributed by atoms with Crippen molar-refractivity contribution >= 4 is 17.5 Å². The topological polar surface area (TPSA) is 79.0 Å². The molecule has 0 aliphatic rings. The molecule has 0 rings (SSSR count). The van der Waals surface area contributed by atoms with Gasteiger partial charge >= 0.3 is 0 Å². The van der Waals surface area contributed by atoms with Crippen LogP contribution in [0.4, 0.5) is 0 Å². The highest BCUT2D eigenvalue weighted by atomic mass is 35.5. The van der Waals surface area contributed by atoms with Gasteiger partial charge in [-0.15, -0.1) is 11.6 Å². The molecule has 2 N–H and O–H groups in total. The van der Waals surface area contributed by atoms with Crippen LogP contribution in [0.1, 0.15) is 0 Å². The van der Waals surface area contributed by atoms with Gasteiger partial charge in [-0.05, 0) is 5.53 Å². The number of hydrogen-bond acceptors (Lipinski definition) is 3. The quantitative estimate of drug-likeness (QED) is 0.265. The van der Waals surface area contributed by atoms with Gasteiger partial charge in [0.15, 0.2) is 5.38 Å². The number of carbonyl (C=O) groups is 1. The highest BCUT2D eigenvalue weighted by Crippen LogP contribution is 1.94. The predicted molar refractivity (Wildman–Crippen MR) is 34.9 cm³/mol. The first kappa shape index (κ1) is 9.16. The molecule has 6 heteroatoms. The van der Waals surface area contributed by atoms with Crippen molar-refractivity contribution in [3.8, 4) is 0 Å². The molecule has 0 radical (unpaired) electrons. The second-order valence-corrected chi connectivity index (χ2v) is 2.17. The zero-order valence-corrected chi connectivity index (χ0v) is 6.18. The largest absolute Gasteiger partial charge is 0.600 e. The Morgan fingerprint density at radius 2 is 2.50 bits per heavy atom. The summed E-state index contributed by atoms with van der Waals surface area (Å²) in [4.78, 5) is 10.4. The fraction of sp³-hybridized carbons (Fsp3) is 0.750. The number of nitrogens with zero attached hydrogens (tertiary/aromatic N) is 1. The Morgan fingerprint density at radius 3 is 2.80 bits per heavy atom. The lowest BCUT2D eigenvalue weighted by molar-refractivity contribution is -0.549. The molecule has 0 bridgehead atoms. The smallest absolute Gasteiger partial charge is 0.244 e. The Labute approximate surface area is 63.0 Å². The number of halogens is 1. The van der Waals surface area contributed by atoms with E-state index in [1.807, 2.05) is 0 Å². The third-order valence-electron chi connectivity index (χ3n) is 0.857. The van der Waals surface area contributed by atoms with Crippen LogP contribution in [0.3, 0.4) is 0 Å². The van der Waals surface area contributed by atoms with E-state index in [1.54, 1.807) is 0 Å². The monoisotopic (exact) mass is 165 g/mol. The van der Waals surface area contributed by atoms with E-state index in [2.05, 4.69) is 5.32 Å². The zero-order chi connectivity index (χ0) is 8.15. The van der Waals surface area contributed by atoms with Gasteiger partial charge in [0.25, 0.3) is 0 Å². The summed E-state index contributed by atoms with van der Waals surface area (Å²) in [6.07, 6.45) is 0. The van der Waals surface area contributed by atoms with Gasteiger partial charge in [0.05, 0.1) is 0 Å². The molecule has 58 valence electrons. The molecule has 0 spiro atoms. The van der Waals surface area contributed by atoms with E-state index in [-0.39, 0.29) is 11.4 Å². The maximum atomic E-state index is 10.6. The summed E-state index contributed by atoms with van der Waals surface area (Å²) in [5.74, 6) is -0.449. The second-order valence-electron chi connectivity index (χ2n) is 1.64. The molecule has 1 unspecified atom stereocenters. The molecule has 0 aromatic rings. The predicted octanol–water partition coefficient (Wildman–Crippen LogP) is -0.119. The lowest BCUT2D eigenvalue weighted by Gasteiger charge is -2.03. The maximum absolute atomic E-state index is 10.6. The molecule has 10 heavy (non-hydrogen) atoms. The average Bonchev–Trinajstić information content (AvgIpc) is 1.85. The first-order valence-corrected chi connectivity index (χ1v) is 3.03. The number of carbonyl (C=O) groups excluding carboxylic acids is 1. The van der Waals surface area contributed by atoms with E-state index >= 15 is 0 Å². The van der Waals surface area contributed by atoms with Crippen LogP contribution in [-0.4, -0.2) is 29.7 Å². The van der Waals surface area contributed by atoms with Crippen LogP contribution in [0.15, 0.2) is 0 Å². The van der Waals surface area contributed by atoms with Crippen LogP contribution < -0.4 is 5.32 Å². The normalized spacial score (nSPS) is 12.2. The number of hydrogen-bond donors (Lipinski definition) is 2. The third-order valence-corrected chi connectivity index (χ3v) is 1.19. The highest BCUT2D eigenvalue weighted by Gasteiger charge is 2.17. The Hall–Kier alpha value is -0.840. The van der Waals surface area contributed by atoms with Crippen molar-refractivity contribution in [2.75, 3.05) is 13.6 Å². The molecule has 5 nitrogen and oxygen atoms in total.